The molecule has 1 aromatic carbocycles. The third-order valence-corrected chi connectivity index (χ3v) is 3.94. The number of alkyl halides is 3. The van der Waals surface area contributed by atoms with Crippen LogP contribution in [0, 0.1) is 0 Å². The first kappa shape index (κ1) is 18.3. The molecule has 2 unspecified atom stereocenters. The Kier molecular flexibility index (Phi) is 6.50. The van der Waals surface area contributed by atoms with Crippen molar-refractivity contribution in [2.45, 2.75) is 51.0 Å². The maximum Gasteiger partial charge on any atom is 0.416 e. The smallest absolute Gasteiger partial charge is 0.327 e. The van der Waals surface area contributed by atoms with Gasteiger partial charge in [-0.05, 0) is 44.0 Å². The molecule has 2 atom stereocenters. The van der Waals surface area contributed by atoms with Crippen LogP contribution in [-0.4, -0.2) is 23.5 Å². The molecule has 1 aliphatic heterocycles. The Balaban J connectivity index is 0.00000220. The van der Waals surface area contributed by atoms with Crippen LogP contribution < -0.4 is 5.73 Å². The Morgan fingerprint density at radius 3 is 2.38 bits per heavy atom. The van der Waals surface area contributed by atoms with Crippen LogP contribution >= 0.6 is 12.4 Å². The Morgan fingerprint density at radius 1 is 1.24 bits per heavy atom. The number of nitrogens with two attached hydrogens (primary N) is 1. The zero-order valence-electron chi connectivity index (χ0n) is 12.1. The van der Waals surface area contributed by atoms with E-state index in [1.54, 1.807) is 12.1 Å². The molecule has 2 nitrogen and oxygen atoms in total. The number of likely N-dealkylation sites (tertiary alicyclic amines) is 1. The highest BCUT2D eigenvalue weighted by Gasteiger charge is 2.30. The fourth-order valence-electron chi connectivity index (χ4n) is 2.84. The molecule has 0 saturated carbocycles. The quantitative estimate of drug-likeness (QED) is 0.916. The van der Waals surface area contributed by atoms with Gasteiger partial charge < -0.3 is 5.73 Å². The summed E-state index contributed by atoms with van der Waals surface area (Å²) < 4.78 is 37.6. The summed E-state index contributed by atoms with van der Waals surface area (Å²) in [7, 11) is 0. The molecule has 2 rings (SSSR count). The zero-order valence-corrected chi connectivity index (χ0v) is 12.9. The maximum atomic E-state index is 12.5. The van der Waals surface area contributed by atoms with Crippen LogP contribution in [0.2, 0.25) is 0 Å². The van der Waals surface area contributed by atoms with E-state index in [4.69, 9.17) is 5.73 Å². The van der Waals surface area contributed by atoms with E-state index in [9.17, 15) is 13.2 Å². The molecule has 21 heavy (non-hydrogen) atoms. The fraction of sp³-hybridized carbons (Fsp3) is 0.600. The lowest BCUT2D eigenvalue weighted by Crippen LogP contribution is -2.48. The topological polar surface area (TPSA) is 29.3 Å². The van der Waals surface area contributed by atoms with Crippen molar-refractivity contribution in [1.82, 2.24) is 4.90 Å². The van der Waals surface area contributed by atoms with Crippen LogP contribution in [0.4, 0.5) is 13.2 Å². The van der Waals surface area contributed by atoms with E-state index in [0.29, 0.717) is 12.6 Å². The summed E-state index contributed by atoms with van der Waals surface area (Å²) in [5, 5.41) is 0. The van der Waals surface area contributed by atoms with Gasteiger partial charge in [-0.2, -0.15) is 13.2 Å². The molecule has 2 N–H and O–H groups in total. The van der Waals surface area contributed by atoms with Crippen molar-refractivity contribution in [2.24, 2.45) is 5.73 Å². The number of hydrogen-bond acceptors (Lipinski definition) is 2. The highest BCUT2D eigenvalue weighted by Crippen LogP contribution is 2.29. The lowest BCUT2D eigenvalue weighted by Gasteiger charge is -2.38. The van der Waals surface area contributed by atoms with Crippen molar-refractivity contribution in [2.75, 3.05) is 6.54 Å². The average molecular weight is 323 g/mol. The molecule has 0 spiro atoms. The van der Waals surface area contributed by atoms with Gasteiger partial charge >= 0.3 is 6.18 Å². The number of hydrogen-bond donors (Lipinski definition) is 1. The van der Waals surface area contributed by atoms with Crippen molar-refractivity contribution in [3.8, 4) is 0 Å². The third-order valence-electron chi connectivity index (χ3n) is 3.94. The van der Waals surface area contributed by atoms with Gasteiger partial charge in [0, 0.05) is 18.6 Å². The molecule has 120 valence electrons. The van der Waals surface area contributed by atoms with Crippen LogP contribution in [0.15, 0.2) is 24.3 Å². The molecule has 0 radical (unpaired) electrons. The van der Waals surface area contributed by atoms with Crippen molar-refractivity contribution in [3.05, 3.63) is 35.4 Å². The SMILES string of the molecule is CC(N)C1CCCCN1Cc1ccc(C(F)(F)F)cc1.Cl. The Labute approximate surface area is 129 Å². The first-order valence-corrected chi connectivity index (χ1v) is 7.03. The van der Waals surface area contributed by atoms with Gasteiger partial charge in [-0.15, -0.1) is 12.4 Å². The predicted octanol–water partition coefficient (Wildman–Crippen LogP) is 3.83. The molecular weight excluding hydrogens is 301 g/mol. The van der Waals surface area contributed by atoms with Gasteiger partial charge in [0.15, 0.2) is 0 Å². The summed E-state index contributed by atoms with van der Waals surface area (Å²) in [4.78, 5) is 2.29. The molecule has 1 saturated heterocycles. The highest BCUT2D eigenvalue weighted by molar-refractivity contribution is 5.85. The summed E-state index contributed by atoms with van der Waals surface area (Å²) in [6, 6.07) is 5.85. The van der Waals surface area contributed by atoms with Gasteiger partial charge in [0.05, 0.1) is 5.56 Å². The largest absolute Gasteiger partial charge is 0.416 e. The molecule has 1 heterocycles. The van der Waals surface area contributed by atoms with Gasteiger partial charge in [-0.1, -0.05) is 18.6 Å². The second-order valence-corrected chi connectivity index (χ2v) is 5.59. The number of halogens is 4. The van der Waals surface area contributed by atoms with Crippen LogP contribution in [0.1, 0.15) is 37.3 Å². The maximum absolute atomic E-state index is 12.5. The van der Waals surface area contributed by atoms with Crippen LogP contribution in [0.25, 0.3) is 0 Å². The molecular formula is C15H22ClF3N2. The standard InChI is InChI=1S/C15H21F3N2.ClH/c1-11(19)14-4-2-3-9-20(14)10-12-5-7-13(8-6-12)15(16,17)18;/h5-8,11,14H,2-4,9-10,19H2,1H3;1H. The lowest BCUT2D eigenvalue weighted by molar-refractivity contribution is -0.137. The van der Waals surface area contributed by atoms with Gasteiger partial charge in [0.25, 0.3) is 0 Å². The van der Waals surface area contributed by atoms with E-state index in [1.165, 1.54) is 6.42 Å². The van der Waals surface area contributed by atoms with Gasteiger partial charge in [0.1, 0.15) is 0 Å². The second kappa shape index (κ2) is 7.47. The van der Waals surface area contributed by atoms with E-state index >= 15 is 0 Å². The summed E-state index contributed by atoms with van der Waals surface area (Å²) in [5.74, 6) is 0. The molecule has 1 aromatic rings. The van der Waals surface area contributed by atoms with Crippen molar-refractivity contribution < 1.29 is 13.2 Å². The predicted molar refractivity (Wildman–Crippen MR) is 80.4 cm³/mol. The average Bonchev–Trinajstić information content (AvgIpc) is 2.38. The summed E-state index contributed by atoms with van der Waals surface area (Å²) in [6.07, 6.45) is -0.893. The first-order chi connectivity index (χ1) is 9.38. The Morgan fingerprint density at radius 2 is 1.86 bits per heavy atom. The van der Waals surface area contributed by atoms with Crippen molar-refractivity contribution >= 4 is 12.4 Å². The summed E-state index contributed by atoms with van der Waals surface area (Å²) >= 11 is 0. The van der Waals surface area contributed by atoms with Crippen molar-refractivity contribution in [3.63, 3.8) is 0 Å². The zero-order chi connectivity index (χ0) is 14.8. The molecule has 0 aliphatic carbocycles. The minimum absolute atomic E-state index is 0. The fourth-order valence-corrected chi connectivity index (χ4v) is 2.84. The molecule has 0 aromatic heterocycles. The van der Waals surface area contributed by atoms with Gasteiger partial charge in [-0.3, -0.25) is 4.90 Å². The number of rotatable bonds is 3. The Bertz CT molecular complexity index is 432. The lowest BCUT2D eigenvalue weighted by atomic mass is 9.96. The normalized spacial score (nSPS) is 21.7. The minimum Gasteiger partial charge on any atom is -0.327 e. The number of benzene rings is 1. The molecule has 0 bridgehead atoms. The van der Waals surface area contributed by atoms with E-state index in [1.807, 2.05) is 6.92 Å². The van der Waals surface area contributed by atoms with Crippen LogP contribution in [0.5, 0.6) is 0 Å². The summed E-state index contributed by atoms with van der Waals surface area (Å²) in [5.41, 5.74) is 6.32. The molecule has 1 fully saturated rings. The Hall–Kier alpha value is -0.780. The minimum atomic E-state index is -4.27. The van der Waals surface area contributed by atoms with Crippen molar-refractivity contribution in [1.29, 1.82) is 0 Å². The number of nitrogens with zero attached hydrogens (tertiary/aromatic N) is 1. The first-order valence-electron chi connectivity index (χ1n) is 7.03. The highest BCUT2D eigenvalue weighted by atomic mass is 35.5. The molecule has 0 amide bonds. The van der Waals surface area contributed by atoms with E-state index < -0.39 is 11.7 Å². The van der Waals surface area contributed by atoms with E-state index in [0.717, 1.165) is 37.1 Å². The van der Waals surface area contributed by atoms with E-state index in [2.05, 4.69) is 4.90 Å². The molecule has 1 aliphatic rings. The van der Waals surface area contributed by atoms with Gasteiger partial charge in [0.2, 0.25) is 0 Å². The van der Waals surface area contributed by atoms with Crippen LogP contribution in [0.3, 0.4) is 0 Å². The van der Waals surface area contributed by atoms with Gasteiger partial charge in [-0.25, -0.2) is 0 Å². The molecule has 6 heteroatoms. The van der Waals surface area contributed by atoms with E-state index in [-0.39, 0.29) is 18.4 Å². The third kappa shape index (κ3) is 4.87. The summed E-state index contributed by atoms with van der Waals surface area (Å²) in [6.45, 7) is 3.63. The number of piperidine rings is 1. The van der Waals surface area contributed by atoms with Crippen LogP contribution in [-0.2, 0) is 12.7 Å². The second-order valence-electron chi connectivity index (χ2n) is 5.59. The monoisotopic (exact) mass is 322 g/mol.